The Morgan fingerprint density at radius 2 is 1.80 bits per heavy atom. The molecule has 4 heteroatoms. The van der Waals surface area contributed by atoms with Crippen molar-refractivity contribution in [1.82, 2.24) is 0 Å². The summed E-state index contributed by atoms with van der Waals surface area (Å²) in [4.78, 5) is 2.40. The number of hydrogen-bond acceptors (Lipinski definition) is 3. The maximum atomic E-state index is 5.84. The number of nitrogens with two attached hydrogens (primary N) is 1. The lowest BCUT2D eigenvalue weighted by molar-refractivity contribution is 0.414. The van der Waals surface area contributed by atoms with Crippen molar-refractivity contribution in [2.75, 3.05) is 7.11 Å². The van der Waals surface area contributed by atoms with Crippen LogP contribution in [0.2, 0.25) is 0 Å². The molecule has 2 nitrogen and oxygen atoms in total. The number of methoxy groups -OCH3 is 1. The normalized spacial score (nSPS) is 12.2. The van der Waals surface area contributed by atoms with Gasteiger partial charge in [0, 0.05) is 20.3 Å². The second-order valence-corrected chi connectivity index (χ2v) is 6.71. The van der Waals surface area contributed by atoms with E-state index in [9.17, 15) is 0 Å². The Hall–Kier alpha value is -0.970. The number of benzene rings is 2. The van der Waals surface area contributed by atoms with E-state index in [1.165, 1.54) is 15.4 Å². The Kier molecular flexibility index (Phi) is 5.52. The molecule has 0 aromatic heterocycles. The molecule has 2 rings (SSSR count). The highest BCUT2D eigenvalue weighted by molar-refractivity contribution is 9.10. The average molecular weight is 352 g/mol. The molecule has 0 aliphatic rings. The van der Waals surface area contributed by atoms with Crippen LogP contribution in [0.4, 0.5) is 0 Å². The van der Waals surface area contributed by atoms with Crippen LogP contribution in [0.5, 0.6) is 5.75 Å². The van der Waals surface area contributed by atoms with Crippen molar-refractivity contribution >= 4 is 27.7 Å². The molecular weight excluding hydrogens is 334 g/mol. The molecule has 2 aromatic carbocycles. The van der Waals surface area contributed by atoms with Gasteiger partial charge in [-0.05, 0) is 55.3 Å². The standard InChI is InChI=1S/C16H18BrNOS/c1-11(18)9-12-3-6-15(10-16(12)17)20-14-7-4-13(19-2)5-8-14/h3-8,10-11H,9,18H2,1-2H3. The second-order valence-electron chi connectivity index (χ2n) is 4.71. The van der Waals surface area contributed by atoms with Gasteiger partial charge in [-0.1, -0.05) is 33.8 Å². The largest absolute Gasteiger partial charge is 0.497 e. The monoisotopic (exact) mass is 351 g/mol. The zero-order chi connectivity index (χ0) is 14.5. The van der Waals surface area contributed by atoms with Crippen LogP contribution in [0.15, 0.2) is 56.7 Å². The lowest BCUT2D eigenvalue weighted by atomic mass is 10.1. The van der Waals surface area contributed by atoms with Gasteiger partial charge in [-0.25, -0.2) is 0 Å². The Bertz CT molecular complexity index is 569. The van der Waals surface area contributed by atoms with Crippen LogP contribution in [0.25, 0.3) is 0 Å². The molecule has 106 valence electrons. The summed E-state index contributed by atoms with van der Waals surface area (Å²) in [5.41, 5.74) is 7.09. The third kappa shape index (κ3) is 4.27. The van der Waals surface area contributed by atoms with E-state index in [1.54, 1.807) is 18.9 Å². The molecule has 0 heterocycles. The molecule has 1 unspecified atom stereocenters. The number of rotatable bonds is 5. The van der Waals surface area contributed by atoms with Crippen molar-refractivity contribution in [2.24, 2.45) is 5.73 Å². The first-order chi connectivity index (χ1) is 9.58. The fourth-order valence-electron chi connectivity index (χ4n) is 1.88. The van der Waals surface area contributed by atoms with Crippen LogP contribution >= 0.6 is 27.7 Å². The first-order valence-electron chi connectivity index (χ1n) is 6.44. The molecule has 0 saturated carbocycles. The zero-order valence-corrected chi connectivity index (χ0v) is 14.0. The van der Waals surface area contributed by atoms with Gasteiger partial charge in [0.2, 0.25) is 0 Å². The van der Waals surface area contributed by atoms with E-state index in [0.717, 1.165) is 16.6 Å². The fourth-order valence-corrected chi connectivity index (χ4v) is 3.43. The lowest BCUT2D eigenvalue weighted by Crippen LogP contribution is -2.17. The number of ether oxygens (including phenoxy) is 1. The van der Waals surface area contributed by atoms with Crippen molar-refractivity contribution in [3.05, 3.63) is 52.5 Å². The molecule has 2 N–H and O–H groups in total. The molecule has 20 heavy (non-hydrogen) atoms. The third-order valence-corrected chi connectivity index (χ3v) is 4.60. The molecule has 0 radical (unpaired) electrons. The summed E-state index contributed by atoms with van der Waals surface area (Å²) < 4.78 is 6.28. The molecular formula is C16H18BrNOS. The molecule has 0 bridgehead atoms. The highest BCUT2D eigenvalue weighted by atomic mass is 79.9. The van der Waals surface area contributed by atoms with Gasteiger partial charge in [0.25, 0.3) is 0 Å². The van der Waals surface area contributed by atoms with Crippen LogP contribution in [0.1, 0.15) is 12.5 Å². The van der Waals surface area contributed by atoms with Gasteiger partial charge in [-0.15, -0.1) is 0 Å². The topological polar surface area (TPSA) is 35.2 Å². The first kappa shape index (κ1) is 15.4. The number of hydrogen-bond donors (Lipinski definition) is 1. The van der Waals surface area contributed by atoms with E-state index in [-0.39, 0.29) is 6.04 Å². The average Bonchev–Trinajstić information content (AvgIpc) is 2.42. The third-order valence-electron chi connectivity index (χ3n) is 2.86. The highest BCUT2D eigenvalue weighted by Gasteiger charge is 2.05. The molecule has 0 aliphatic heterocycles. The predicted octanol–water partition coefficient (Wildman–Crippen LogP) is 4.50. The molecule has 0 saturated heterocycles. The summed E-state index contributed by atoms with van der Waals surface area (Å²) in [5, 5.41) is 0. The van der Waals surface area contributed by atoms with Crippen LogP contribution in [0, 0.1) is 0 Å². The van der Waals surface area contributed by atoms with E-state index < -0.39 is 0 Å². The highest BCUT2D eigenvalue weighted by Crippen LogP contribution is 2.32. The Balaban J connectivity index is 2.11. The first-order valence-corrected chi connectivity index (χ1v) is 8.05. The summed E-state index contributed by atoms with van der Waals surface area (Å²) in [6.45, 7) is 2.02. The SMILES string of the molecule is COc1ccc(Sc2ccc(CC(C)N)c(Br)c2)cc1. The van der Waals surface area contributed by atoms with E-state index in [0.29, 0.717) is 0 Å². The van der Waals surface area contributed by atoms with Crippen molar-refractivity contribution in [2.45, 2.75) is 29.2 Å². The van der Waals surface area contributed by atoms with Crippen LogP contribution in [-0.4, -0.2) is 13.2 Å². The predicted molar refractivity (Wildman–Crippen MR) is 88.6 cm³/mol. The van der Waals surface area contributed by atoms with Gasteiger partial charge in [0.05, 0.1) is 7.11 Å². The molecule has 0 spiro atoms. The summed E-state index contributed by atoms with van der Waals surface area (Å²) in [6, 6.07) is 14.7. The van der Waals surface area contributed by atoms with E-state index >= 15 is 0 Å². The molecule has 0 amide bonds. The Morgan fingerprint density at radius 1 is 1.15 bits per heavy atom. The smallest absolute Gasteiger partial charge is 0.118 e. The minimum Gasteiger partial charge on any atom is -0.497 e. The summed E-state index contributed by atoms with van der Waals surface area (Å²) >= 11 is 5.35. The Morgan fingerprint density at radius 3 is 2.35 bits per heavy atom. The Labute approximate surface area is 132 Å². The maximum Gasteiger partial charge on any atom is 0.118 e. The van der Waals surface area contributed by atoms with Gasteiger partial charge < -0.3 is 10.5 Å². The zero-order valence-electron chi connectivity index (χ0n) is 11.6. The quantitative estimate of drug-likeness (QED) is 0.861. The van der Waals surface area contributed by atoms with Crippen molar-refractivity contribution < 1.29 is 4.74 Å². The van der Waals surface area contributed by atoms with Gasteiger partial charge in [0.15, 0.2) is 0 Å². The summed E-state index contributed by atoms with van der Waals surface area (Å²) in [6.07, 6.45) is 0.883. The van der Waals surface area contributed by atoms with Crippen molar-refractivity contribution in [1.29, 1.82) is 0 Å². The molecule has 0 fully saturated rings. The second kappa shape index (κ2) is 7.16. The van der Waals surface area contributed by atoms with Crippen molar-refractivity contribution in [3.63, 3.8) is 0 Å². The maximum absolute atomic E-state index is 5.84. The van der Waals surface area contributed by atoms with Gasteiger partial charge >= 0.3 is 0 Å². The molecule has 2 aromatic rings. The van der Waals surface area contributed by atoms with Crippen LogP contribution in [-0.2, 0) is 6.42 Å². The lowest BCUT2D eigenvalue weighted by Gasteiger charge is -2.10. The van der Waals surface area contributed by atoms with E-state index in [4.69, 9.17) is 10.5 Å². The van der Waals surface area contributed by atoms with Crippen LogP contribution < -0.4 is 10.5 Å². The molecule has 0 aliphatic carbocycles. The van der Waals surface area contributed by atoms with Gasteiger partial charge in [-0.3, -0.25) is 0 Å². The summed E-state index contributed by atoms with van der Waals surface area (Å²) in [5.74, 6) is 0.878. The summed E-state index contributed by atoms with van der Waals surface area (Å²) in [7, 11) is 1.68. The van der Waals surface area contributed by atoms with E-state index in [2.05, 4.69) is 46.3 Å². The minimum atomic E-state index is 0.173. The fraction of sp³-hybridized carbons (Fsp3) is 0.250. The molecule has 1 atom stereocenters. The van der Waals surface area contributed by atoms with Crippen LogP contribution in [0.3, 0.4) is 0 Å². The van der Waals surface area contributed by atoms with Gasteiger partial charge in [-0.2, -0.15) is 0 Å². The van der Waals surface area contributed by atoms with E-state index in [1.807, 2.05) is 19.1 Å². The minimum absolute atomic E-state index is 0.173. The van der Waals surface area contributed by atoms with Crippen molar-refractivity contribution in [3.8, 4) is 5.75 Å². The van der Waals surface area contributed by atoms with Gasteiger partial charge in [0.1, 0.15) is 5.75 Å². The number of halogens is 1.